The minimum absolute atomic E-state index is 0.146. The van der Waals surface area contributed by atoms with E-state index in [0.29, 0.717) is 22.3 Å². The second kappa shape index (κ2) is 10.4. The van der Waals surface area contributed by atoms with Crippen LogP contribution >= 0.6 is 23.1 Å². The smallest absolute Gasteiger partial charge is 0.235 e. The molecule has 0 aliphatic carbocycles. The van der Waals surface area contributed by atoms with Crippen molar-refractivity contribution >= 4 is 40.0 Å². The van der Waals surface area contributed by atoms with E-state index in [0.717, 1.165) is 34.9 Å². The summed E-state index contributed by atoms with van der Waals surface area (Å²) >= 11 is 2.70. The van der Waals surface area contributed by atoms with Crippen LogP contribution in [0.1, 0.15) is 35.7 Å². The van der Waals surface area contributed by atoms with Gasteiger partial charge in [0.25, 0.3) is 0 Å². The van der Waals surface area contributed by atoms with Gasteiger partial charge in [-0.1, -0.05) is 42.2 Å². The highest BCUT2D eigenvalue weighted by Crippen LogP contribution is 2.29. The zero-order chi connectivity index (χ0) is 22.4. The third-order valence-corrected chi connectivity index (χ3v) is 6.73. The molecule has 0 atom stereocenters. The van der Waals surface area contributed by atoms with E-state index >= 15 is 0 Å². The molecule has 10 heteroatoms. The van der Waals surface area contributed by atoms with E-state index in [9.17, 15) is 14.4 Å². The van der Waals surface area contributed by atoms with Crippen LogP contribution in [0.4, 0.5) is 15.3 Å². The molecule has 0 radical (unpaired) electrons. The summed E-state index contributed by atoms with van der Waals surface area (Å²) in [6, 6.07) is 8.37. The third kappa shape index (κ3) is 5.62. The molecule has 3 aromatic rings. The first-order valence-corrected chi connectivity index (χ1v) is 11.6. The van der Waals surface area contributed by atoms with E-state index in [4.69, 9.17) is 0 Å². The number of aromatic nitrogens is 3. The molecule has 2 heterocycles. The van der Waals surface area contributed by atoms with E-state index in [1.165, 1.54) is 35.2 Å². The number of nitriles is 1. The highest BCUT2D eigenvalue weighted by Gasteiger charge is 2.20. The number of carbonyl (C=O) groups excluding carboxylic acids is 1. The van der Waals surface area contributed by atoms with Crippen LogP contribution in [-0.2, 0) is 11.3 Å². The van der Waals surface area contributed by atoms with Crippen molar-refractivity contribution in [2.75, 3.05) is 22.9 Å². The number of hydrogen-bond donors (Lipinski definition) is 2. The highest BCUT2D eigenvalue weighted by molar-refractivity contribution is 8.01. The van der Waals surface area contributed by atoms with Crippen molar-refractivity contribution in [3.63, 3.8) is 0 Å². The molecule has 7 nitrogen and oxygen atoms in total. The van der Waals surface area contributed by atoms with Gasteiger partial charge in [-0.15, -0.1) is 10.2 Å². The zero-order valence-electron chi connectivity index (χ0n) is 17.5. The van der Waals surface area contributed by atoms with Gasteiger partial charge in [-0.2, -0.15) is 5.26 Å². The van der Waals surface area contributed by atoms with E-state index in [-0.39, 0.29) is 17.5 Å². The summed E-state index contributed by atoms with van der Waals surface area (Å²) < 4.78 is 15.8. The first-order valence-electron chi connectivity index (χ1n) is 9.77. The van der Waals surface area contributed by atoms with Crippen LogP contribution in [0.25, 0.3) is 0 Å². The van der Waals surface area contributed by atoms with Gasteiger partial charge >= 0.3 is 0 Å². The maximum absolute atomic E-state index is 13.2. The first-order chi connectivity index (χ1) is 14.9. The fraction of sp³-hybridized carbons (Fsp3) is 0.333. The molecule has 0 fully saturated rings. The average Bonchev–Trinajstić information content (AvgIpc) is 3.30. The van der Waals surface area contributed by atoms with Crippen LogP contribution in [0.2, 0.25) is 0 Å². The van der Waals surface area contributed by atoms with Gasteiger partial charge in [0.05, 0.1) is 11.3 Å². The number of amides is 1. The monoisotopic (exact) mass is 458 g/mol. The summed E-state index contributed by atoms with van der Waals surface area (Å²) in [5, 5.41) is 24.6. The van der Waals surface area contributed by atoms with E-state index in [1.54, 1.807) is 12.1 Å². The molecular formula is C21H23FN6OS2. The van der Waals surface area contributed by atoms with Crippen LogP contribution in [0.3, 0.4) is 0 Å². The SMILES string of the molecule is CCCNc1nnc(SCC(=O)Nc2c(C#N)c(C)c(C)n2Cc2ccc(F)cc2)s1. The van der Waals surface area contributed by atoms with Crippen molar-refractivity contribution in [3.8, 4) is 6.07 Å². The first kappa shape index (κ1) is 22.8. The molecule has 2 aromatic heterocycles. The number of rotatable bonds is 9. The van der Waals surface area contributed by atoms with Crippen molar-refractivity contribution in [3.05, 3.63) is 52.5 Å². The van der Waals surface area contributed by atoms with E-state index in [1.807, 2.05) is 18.4 Å². The Kier molecular flexibility index (Phi) is 7.65. The van der Waals surface area contributed by atoms with E-state index in [2.05, 4.69) is 33.8 Å². The van der Waals surface area contributed by atoms with Gasteiger partial charge in [0.15, 0.2) is 4.34 Å². The zero-order valence-corrected chi connectivity index (χ0v) is 19.2. The standard InChI is InChI=1S/C21H23FN6OS2/c1-4-9-24-20-26-27-21(31-20)30-12-18(29)25-19-17(10-23)13(2)14(3)28(19)11-15-5-7-16(22)8-6-15/h5-8H,4,9,11-12H2,1-3H3,(H,24,26)(H,25,29). The Labute approximate surface area is 188 Å². The Morgan fingerprint density at radius 1 is 1.29 bits per heavy atom. The number of nitrogens with zero attached hydrogens (tertiary/aromatic N) is 4. The second-order valence-electron chi connectivity index (χ2n) is 6.90. The van der Waals surface area contributed by atoms with Gasteiger partial charge in [-0.05, 0) is 43.5 Å². The number of carbonyl (C=O) groups is 1. The summed E-state index contributed by atoms with van der Waals surface area (Å²) in [7, 11) is 0. The van der Waals surface area contributed by atoms with Gasteiger partial charge in [-0.3, -0.25) is 4.79 Å². The number of nitrogens with one attached hydrogen (secondary N) is 2. The lowest BCUT2D eigenvalue weighted by Gasteiger charge is -2.13. The molecule has 162 valence electrons. The lowest BCUT2D eigenvalue weighted by molar-refractivity contribution is -0.113. The number of anilines is 2. The maximum atomic E-state index is 13.2. The molecule has 0 bridgehead atoms. The molecule has 0 unspecified atom stereocenters. The topological polar surface area (TPSA) is 95.6 Å². The molecule has 1 aromatic carbocycles. The lowest BCUT2D eigenvalue weighted by atomic mass is 10.2. The fourth-order valence-corrected chi connectivity index (χ4v) is 4.54. The molecule has 3 rings (SSSR count). The van der Waals surface area contributed by atoms with Crippen LogP contribution in [0, 0.1) is 31.0 Å². The van der Waals surface area contributed by atoms with Crippen LogP contribution < -0.4 is 10.6 Å². The minimum Gasteiger partial charge on any atom is -0.360 e. The number of hydrogen-bond acceptors (Lipinski definition) is 7. The average molecular weight is 459 g/mol. The quantitative estimate of drug-likeness (QED) is 0.456. The Morgan fingerprint density at radius 2 is 2.03 bits per heavy atom. The summed E-state index contributed by atoms with van der Waals surface area (Å²) in [4.78, 5) is 12.6. The van der Waals surface area contributed by atoms with Gasteiger partial charge in [-0.25, -0.2) is 4.39 Å². The van der Waals surface area contributed by atoms with E-state index < -0.39 is 0 Å². The Balaban J connectivity index is 1.73. The van der Waals surface area contributed by atoms with Gasteiger partial charge in [0, 0.05) is 18.8 Å². The Morgan fingerprint density at radius 3 is 2.71 bits per heavy atom. The molecule has 2 N–H and O–H groups in total. The fourth-order valence-electron chi connectivity index (χ4n) is 2.97. The summed E-state index contributed by atoms with van der Waals surface area (Å²) in [5.74, 6) is 0.0531. The summed E-state index contributed by atoms with van der Waals surface area (Å²) in [6.45, 7) is 7.06. The normalized spacial score (nSPS) is 10.7. The Bertz CT molecular complexity index is 1100. The van der Waals surface area contributed by atoms with Crippen LogP contribution in [0.5, 0.6) is 0 Å². The van der Waals surface area contributed by atoms with Gasteiger partial charge in [0.2, 0.25) is 11.0 Å². The van der Waals surface area contributed by atoms with Crippen molar-refractivity contribution in [2.24, 2.45) is 0 Å². The van der Waals surface area contributed by atoms with Gasteiger partial charge < -0.3 is 15.2 Å². The Hall–Kier alpha value is -2.90. The predicted molar refractivity (Wildman–Crippen MR) is 122 cm³/mol. The lowest BCUT2D eigenvalue weighted by Crippen LogP contribution is -2.18. The maximum Gasteiger partial charge on any atom is 0.235 e. The molecule has 0 saturated heterocycles. The highest BCUT2D eigenvalue weighted by atomic mass is 32.2. The van der Waals surface area contributed by atoms with Crippen molar-refractivity contribution in [1.82, 2.24) is 14.8 Å². The molecule has 31 heavy (non-hydrogen) atoms. The van der Waals surface area contributed by atoms with Crippen LogP contribution in [0.15, 0.2) is 28.6 Å². The summed E-state index contributed by atoms with van der Waals surface area (Å²) in [6.07, 6.45) is 0.988. The van der Waals surface area contributed by atoms with Gasteiger partial charge in [0.1, 0.15) is 17.7 Å². The summed E-state index contributed by atoms with van der Waals surface area (Å²) in [5.41, 5.74) is 2.98. The number of halogens is 1. The second-order valence-corrected chi connectivity index (χ2v) is 9.10. The van der Waals surface area contributed by atoms with Crippen molar-refractivity contribution in [2.45, 2.75) is 38.1 Å². The molecule has 1 amide bonds. The predicted octanol–water partition coefficient (Wildman–Crippen LogP) is 4.57. The molecule has 0 saturated carbocycles. The van der Waals surface area contributed by atoms with Crippen LogP contribution in [-0.4, -0.2) is 33.0 Å². The molecule has 0 spiro atoms. The van der Waals surface area contributed by atoms with Crippen molar-refractivity contribution < 1.29 is 9.18 Å². The molecule has 0 aliphatic rings. The molecule has 0 aliphatic heterocycles. The van der Waals surface area contributed by atoms with Crippen molar-refractivity contribution in [1.29, 1.82) is 5.26 Å². The molecular weight excluding hydrogens is 435 g/mol. The minimum atomic E-state index is -0.308. The number of benzene rings is 1. The number of thioether (sulfide) groups is 1. The third-order valence-electron chi connectivity index (χ3n) is 4.71. The largest absolute Gasteiger partial charge is 0.360 e.